The predicted octanol–water partition coefficient (Wildman–Crippen LogP) is 3.44. The molecule has 0 radical (unpaired) electrons. The van der Waals surface area contributed by atoms with Gasteiger partial charge in [-0.3, -0.25) is 4.79 Å². The highest BCUT2D eigenvalue weighted by molar-refractivity contribution is 5.98. The molecule has 0 amide bonds. The quantitative estimate of drug-likeness (QED) is 0.685. The Morgan fingerprint density at radius 2 is 1.82 bits per heavy atom. The molecule has 1 aromatic rings. The normalized spacial score (nSPS) is 27.7. The van der Waals surface area contributed by atoms with Gasteiger partial charge in [0, 0.05) is 24.1 Å². The Balaban J connectivity index is 1.75. The second-order valence-electron chi connectivity index (χ2n) is 5.86. The summed E-state index contributed by atoms with van der Waals surface area (Å²) in [4.78, 5) is 12.4. The van der Waals surface area contributed by atoms with E-state index in [9.17, 15) is 22.4 Å². The molecule has 0 aliphatic carbocycles. The van der Waals surface area contributed by atoms with Crippen molar-refractivity contribution in [2.24, 2.45) is 5.92 Å². The minimum atomic E-state index is -4.88. The van der Waals surface area contributed by atoms with Gasteiger partial charge in [0.25, 0.3) is 0 Å². The smallest absolute Gasteiger partial charge is 0.406 e. The third-order valence-electron chi connectivity index (χ3n) is 4.28. The van der Waals surface area contributed by atoms with Gasteiger partial charge in [-0.15, -0.1) is 13.2 Å². The number of piperidine rings is 1. The lowest BCUT2D eigenvalue weighted by atomic mass is 9.86. The van der Waals surface area contributed by atoms with Crippen molar-refractivity contribution in [2.75, 3.05) is 0 Å². The summed E-state index contributed by atoms with van der Waals surface area (Å²) in [6, 6.07) is 3.21. The van der Waals surface area contributed by atoms with Gasteiger partial charge in [-0.2, -0.15) is 0 Å². The number of benzene rings is 1. The summed E-state index contributed by atoms with van der Waals surface area (Å²) in [7, 11) is 0. The number of halogens is 4. The molecule has 0 aromatic heterocycles. The van der Waals surface area contributed by atoms with Crippen LogP contribution >= 0.6 is 0 Å². The van der Waals surface area contributed by atoms with Crippen molar-refractivity contribution < 1.29 is 27.1 Å². The molecule has 2 aliphatic heterocycles. The molecule has 0 spiro atoms. The minimum Gasteiger partial charge on any atom is -0.406 e. The molecule has 3 rings (SSSR count). The molecule has 2 aliphatic rings. The molecule has 2 atom stereocenters. The number of hydrogen-bond acceptors (Lipinski definition) is 3. The summed E-state index contributed by atoms with van der Waals surface area (Å²) in [5.41, 5.74) is -0.166. The zero-order chi connectivity index (χ0) is 15.9. The number of carbonyl (C=O) groups excluding carboxylic acids is 1. The predicted molar refractivity (Wildman–Crippen MR) is 70.1 cm³/mol. The van der Waals surface area contributed by atoms with Crippen molar-refractivity contribution in [1.82, 2.24) is 5.32 Å². The van der Waals surface area contributed by atoms with E-state index in [1.807, 2.05) is 0 Å². The van der Waals surface area contributed by atoms with Crippen LogP contribution in [0.2, 0.25) is 0 Å². The van der Waals surface area contributed by atoms with Crippen LogP contribution in [0.15, 0.2) is 18.2 Å². The SMILES string of the molecule is O=C(c1ccc(OC(F)(F)F)cc1F)C1CC2CCC(C1)N2. The maximum atomic E-state index is 14.0. The highest BCUT2D eigenvalue weighted by Gasteiger charge is 2.37. The monoisotopic (exact) mass is 317 g/mol. The van der Waals surface area contributed by atoms with Crippen LogP contribution in [0.3, 0.4) is 0 Å². The number of ether oxygens (including phenoxy) is 1. The third kappa shape index (κ3) is 3.24. The summed E-state index contributed by atoms with van der Waals surface area (Å²) in [5.74, 6) is -2.25. The number of fused-ring (bicyclic) bond motifs is 2. The van der Waals surface area contributed by atoms with Gasteiger partial charge in [-0.1, -0.05) is 0 Å². The van der Waals surface area contributed by atoms with Crippen molar-refractivity contribution in [3.8, 4) is 5.75 Å². The van der Waals surface area contributed by atoms with E-state index < -0.39 is 17.9 Å². The Bertz CT molecular complexity index is 575. The van der Waals surface area contributed by atoms with Gasteiger partial charge in [0.1, 0.15) is 11.6 Å². The van der Waals surface area contributed by atoms with Gasteiger partial charge in [0.05, 0.1) is 5.56 Å². The van der Waals surface area contributed by atoms with E-state index in [-0.39, 0.29) is 29.3 Å². The summed E-state index contributed by atoms with van der Waals surface area (Å²) in [6.07, 6.45) is -1.57. The second-order valence-corrected chi connectivity index (χ2v) is 5.86. The standard InChI is InChI=1S/C15H15F4NO2/c16-13-7-11(22-15(17,18)19)3-4-12(13)14(21)8-5-9-1-2-10(6-8)20-9/h3-4,7-10,20H,1-2,5-6H2. The largest absolute Gasteiger partial charge is 0.573 e. The van der Waals surface area contributed by atoms with Gasteiger partial charge in [-0.25, -0.2) is 4.39 Å². The highest BCUT2D eigenvalue weighted by Crippen LogP contribution is 2.34. The van der Waals surface area contributed by atoms with Crippen molar-refractivity contribution in [1.29, 1.82) is 0 Å². The number of hydrogen-bond donors (Lipinski definition) is 1. The Morgan fingerprint density at radius 1 is 1.18 bits per heavy atom. The van der Waals surface area contributed by atoms with E-state index in [1.54, 1.807) is 0 Å². The maximum absolute atomic E-state index is 14.0. The number of ketones is 1. The number of rotatable bonds is 3. The van der Waals surface area contributed by atoms with Crippen LogP contribution in [0.4, 0.5) is 17.6 Å². The molecule has 2 bridgehead atoms. The van der Waals surface area contributed by atoms with Gasteiger partial charge in [0.15, 0.2) is 5.78 Å². The topological polar surface area (TPSA) is 38.3 Å². The Hall–Kier alpha value is -1.63. The lowest BCUT2D eigenvalue weighted by Crippen LogP contribution is -2.40. The van der Waals surface area contributed by atoms with Gasteiger partial charge in [-0.05, 0) is 37.8 Å². The van der Waals surface area contributed by atoms with E-state index in [1.165, 1.54) is 0 Å². The van der Waals surface area contributed by atoms with E-state index in [4.69, 9.17) is 0 Å². The first kappa shape index (κ1) is 15.3. The molecular weight excluding hydrogens is 302 g/mol. The first-order chi connectivity index (χ1) is 10.3. The van der Waals surface area contributed by atoms with Gasteiger partial charge < -0.3 is 10.1 Å². The zero-order valence-electron chi connectivity index (χ0n) is 11.6. The molecule has 3 nitrogen and oxygen atoms in total. The number of carbonyl (C=O) groups is 1. The van der Waals surface area contributed by atoms with Crippen LogP contribution in [0.25, 0.3) is 0 Å². The molecule has 0 saturated carbocycles. The van der Waals surface area contributed by atoms with Crippen LogP contribution in [-0.4, -0.2) is 24.2 Å². The fourth-order valence-corrected chi connectivity index (χ4v) is 3.38. The van der Waals surface area contributed by atoms with Crippen LogP contribution in [-0.2, 0) is 0 Å². The molecule has 2 heterocycles. The molecule has 2 saturated heterocycles. The fraction of sp³-hybridized carbons (Fsp3) is 0.533. The summed E-state index contributed by atoms with van der Waals surface area (Å²) in [6.45, 7) is 0. The number of alkyl halides is 3. The molecular formula is C15H15F4NO2. The number of Topliss-reactive ketones (excluding diaryl/α,β-unsaturated/α-hetero) is 1. The van der Waals surface area contributed by atoms with E-state index in [0.717, 1.165) is 25.0 Å². The molecule has 1 N–H and O–H groups in total. The number of nitrogens with one attached hydrogen (secondary N) is 1. The molecule has 22 heavy (non-hydrogen) atoms. The Labute approximate surface area is 124 Å². The zero-order valence-corrected chi connectivity index (χ0v) is 11.6. The van der Waals surface area contributed by atoms with Crippen LogP contribution in [0.1, 0.15) is 36.0 Å². The lowest BCUT2D eigenvalue weighted by Gasteiger charge is -2.28. The van der Waals surface area contributed by atoms with Crippen LogP contribution in [0, 0.1) is 11.7 Å². The van der Waals surface area contributed by atoms with Crippen LogP contribution < -0.4 is 10.1 Å². The minimum absolute atomic E-state index is 0.166. The van der Waals surface area contributed by atoms with E-state index >= 15 is 0 Å². The first-order valence-electron chi connectivity index (χ1n) is 7.17. The average Bonchev–Trinajstić information content (AvgIpc) is 2.75. The van der Waals surface area contributed by atoms with Gasteiger partial charge >= 0.3 is 6.36 Å². The molecule has 2 fully saturated rings. The van der Waals surface area contributed by atoms with E-state index in [2.05, 4.69) is 10.1 Å². The first-order valence-corrected chi connectivity index (χ1v) is 7.17. The summed E-state index contributed by atoms with van der Waals surface area (Å²) in [5, 5.41) is 3.39. The van der Waals surface area contributed by atoms with Crippen molar-refractivity contribution in [3.05, 3.63) is 29.6 Å². The second kappa shape index (κ2) is 5.53. The molecule has 1 aromatic carbocycles. The highest BCUT2D eigenvalue weighted by atomic mass is 19.4. The third-order valence-corrected chi connectivity index (χ3v) is 4.28. The maximum Gasteiger partial charge on any atom is 0.573 e. The fourth-order valence-electron chi connectivity index (χ4n) is 3.38. The van der Waals surface area contributed by atoms with Gasteiger partial charge in [0.2, 0.25) is 0 Å². The average molecular weight is 317 g/mol. The molecule has 7 heteroatoms. The van der Waals surface area contributed by atoms with Crippen molar-refractivity contribution >= 4 is 5.78 Å². The van der Waals surface area contributed by atoms with Crippen molar-refractivity contribution in [2.45, 2.75) is 44.1 Å². The van der Waals surface area contributed by atoms with Crippen LogP contribution in [0.5, 0.6) is 5.75 Å². The Morgan fingerprint density at radius 3 is 2.36 bits per heavy atom. The summed E-state index contributed by atoms with van der Waals surface area (Å²) >= 11 is 0. The van der Waals surface area contributed by atoms with Crippen molar-refractivity contribution in [3.63, 3.8) is 0 Å². The Kier molecular flexibility index (Phi) is 3.84. The summed E-state index contributed by atoms with van der Waals surface area (Å²) < 4.78 is 53.9. The molecule has 2 unspecified atom stereocenters. The van der Waals surface area contributed by atoms with E-state index in [0.29, 0.717) is 18.9 Å². The molecule has 120 valence electrons. The lowest BCUT2D eigenvalue weighted by molar-refractivity contribution is -0.274.